The summed E-state index contributed by atoms with van der Waals surface area (Å²) in [6.45, 7) is 3.06. The number of nitrogens with zero attached hydrogens (tertiary/aromatic N) is 1. The Morgan fingerprint density at radius 2 is 1.88 bits per heavy atom. The number of hydrogen-bond acceptors (Lipinski definition) is 8. The molecule has 0 saturated carbocycles. The first kappa shape index (κ1) is 23.1. The first-order valence-corrected chi connectivity index (χ1v) is 9.95. The summed E-state index contributed by atoms with van der Waals surface area (Å²) in [6, 6.07) is 4.08. The number of benzene rings is 1. The number of aryl methyl sites for hydroxylation is 1. The van der Waals surface area contributed by atoms with Crippen LogP contribution in [0.2, 0.25) is 0 Å². The Morgan fingerprint density at radius 3 is 2.47 bits per heavy atom. The Kier molecular flexibility index (Phi) is 7.04. The van der Waals surface area contributed by atoms with E-state index in [9.17, 15) is 24.6 Å². The standard InChI is InChI=1S/C22H25NO9/c1-12-10-15(24)19(26)20(32-12)14(11-17(25)23-6-8-31-9-7-23)13-4-5-16(29-2)21(30-3)18(13)22(27)28/h4-5,10,14,26H,6-9,11H2,1-3H3,(H,27,28). The molecule has 0 spiro atoms. The van der Waals surface area contributed by atoms with Crippen molar-refractivity contribution < 1.29 is 38.4 Å². The van der Waals surface area contributed by atoms with Gasteiger partial charge in [0.1, 0.15) is 11.3 Å². The van der Waals surface area contributed by atoms with E-state index in [-0.39, 0.29) is 46.5 Å². The van der Waals surface area contributed by atoms with Gasteiger partial charge in [0.2, 0.25) is 17.1 Å². The minimum atomic E-state index is -1.32. The second-order valence-corrected chi connectivity index (χ2v) is 7.25. The van der Waals surface area contributed by atoms with Gasteiger partial charge in [-0.2, -0.15) is 0 Å². The van der Waals surface area contributed by atoms with Crippen LogP contribution in [0, 0.1) is 6.92 Å². The van der Waals surface area contributed by atoms with E-state index in [1.807, 2.05) is 0 Å². The van der Waals surface area contributed by atoms with E-state index >= 15 is 0 Å². The van der Waals surface area contributed by atoms with Gasteiger partial charge in [-0.1, -0.05) is 6.07 Å². The molecule has 32 heavy (non-hydrogen) atoms. The van der Waals surface area contributed by atoms with Crippen molar-refractivity contribution in [1.29, 1.82) is 0 Å². The van der Waals surface area contributed by atoms with E-state index < -0.39 is 23.1 Å². The fraction of sp³-hybridized carbons (Fsp3) is 0.409. The van der Waals surface area contributed by atoms with Crippen LogP contribution in [0.1, 0.15) is 39.8 Å². The van der Waals surface area contributed by atoms with E-state index in [1.54, 1.807) is 4.90 Å². The Balaban J connectivity index is 2.20. The number of carboxylic acids is 1. The second kappa shape index (κ2) is 9.73. The number of carboxylic acid groups (broad SMARTS) is 1. The monoisotopic (exact) mass is 447 g/mol. The van der Waals surface area contributed by atoms with Gasteiger partial charge < -0.3 is 33.7 Å². The predicted molar refractivity (Wildman–Crippen MR) is 112 cm³/mol. The van der Waals surface area contributed by atoms with Crippen molar-refractivity contribution in [2.45, 2.75) is 19.3 Å². The highest BCUT2D eigenvalue weighted by molar-refractivity contribution is 5.94. The molecule has 2 N–H and O–H groups in total. The molecule has 1 aliphatic rings. The van der Waals surface area contributed by atoms with Gasteiger partial charge in [0, 0.05) is 25.6 Å². The third-order valence-corrected chi connectivity index (χ3v) is 5.30. The van der Waals surface area contributed by atoms with Crippen LogP contribution in [0.3, 0.4) is 0 Å². The fourth-order valence-electron chi connectivity index (χ4n) is 3.78. The summed E-state index contributed by atoms with van der Waals surface area (Å²) in [5.41, 5.74) is -0.805. The lowest BCUT2D eigenvalue weighted by atomic mass is 9.87. The van der Waals surface area contributed by atoms with E-state index in [4.69, 9.17) is 18.6 Å². The summed E-state index contributed by atoms with van der Waals surface area (Å²) < 4.78 is 21.4. The SMILES string of the molecule is COc1ccc(C(CC(=O)N2CCOCC2)c2oc(C)cc(=O)c2O)c(C(=O)O)c1OC. The molecule has 10 nitrogen and oxygen atoms in total. The van der Waals surface area contributed by atoms with Crippen LogP contribution < -0.4 is 14.9 Å². The number of rotatable bonds is 7. The predicted octanol–water partition coefficient (Wildman–Crippen LogP) is 1.75. The minimum Gasteiger partial charge on any atom is -0.502 e. The highest BCUT2D eigenvalue weighted by Gasteiger charge is 2.33. The molecule has 1 fully saturated rings. The number of ether oxygens (including phenoxy) is 3. The zero-order valence-corrected chi connectivity index (χ0v) is 18.0. The van der Waals surface area contributed by atoms with Gasteiger partial charge in [0.15, 0.2) is 17.3 Å². The highest BCUT2D eigenvalue weighted by Crippen LogP contribution is 2.41. The smallest absolute Gasteiger partial charge is 0.339 e. The average molecular weight is 447 g/mol. The molecule has 1 amide bonds. The van der Waals surface area contributed by atoms with E-state index in [1.165, 1.54) is 33.3 Å². The molecule has 1 aromatic carbocycles. The zero-order chi connectivity index (χ0) is 23.4. The maximum atomic E-state index is 13.1. The average Bonchev–Trinajstić information content (AvgIpc) is 2.79. The van der Waals surface area contributed by atoms with Gasteiger partial charge in [-0.25, -0.2) is 4.79 Å². The fourth-order valence-corrected chi connectivity index (χ4v) is 3.78. The number of aromatic hydroxyl groups is 1. The van der Waals surface area contributed by atoms with E-state index in [2.05, 4.69) is 0 Å². The Bertz CT molecular complexity index is 1070. The maximum Gasteiger partial charge on any atom is 0.339 e. The topological polar surface area (TPSA) is 136 Å². The van der Waals surface area contributed by atoms with Crippen molar-refractivity contribution in [3.05, 3.63) is 51.1 Å². The lowest BCUT2D eigenvalue weighted by molar-refractivity contribution is -0.135. The van der Waals surface area contributed by atoms with Crippen LogP contribution in [0.4, 0.5) is 0 Å². The largest absolute Gasteiger partial charge is 0.502 e. The molecule has 0 aliphatic carbocycles. The molecule has 1 atom stereocenters. The van der Waals surface area contributed by atoms with Crippen LogP contribution in [0.5, 0.6) is 17.2 Å². The van der Waals surface area contributed by atoms with Crippen LogP contribution in [0.25, 0.3) is 0 Å². The Hall–Kier alpha value is -3.53. The molecule has 3 rings (SSSR count). The number of carbonyl (C=O) groups is 2. The molecule has 2 heterocycles. The second-order valence-electron chi connectivity index (χ2n) is 7.25. The number of hydrogen-bond donors (Lipinski definition) is 2. The van der Waals surface area contributed by atoms with Crippen molar-refractivity contribution in [1.82, 2.24) is 4.90 Å². The van der Waals surface area contributed by atoms with Gasteiger partial charge in [-0.05, 0) is 18.6 Å². The molecule has 1 aliphatic heterocycles. The van der Waals surface area contributed by atoms with Gasteiger partial charge in [0.25, 0.3) is 0 Å². The first-order chi connectivity index (χ1) is 15.3. The number of morpholine rings is 1. The van der Waals surface area contributed by atoms with Crippen molar-refractivity contribution in [2.75, 3.05) is 40.5 Å². The lowest BCUT2D eigenvalue weighted by Gasteiger charge is -2.29. The number of amides is 1. The number of aromatic carboxylic acids is 1. The van der Waals surface area contributed by atoms with Crippen molar-refractivity contribution in [3.63, 3.8) is 0 Å². The third-order valence-electron chi connectivity index (χ3n) is 5.30. The van der Waals surface area contributed by atoms with Gasteiger partial charge >= 0.3 is 5.97 Å². The van der Waals surface area contributed by atoms with Gasteiger partial charge in [0.05, 0.1) is 33.4 Å². The van der Waals surface area contributed by atoms with Crippen molar-refractivity contribution in [2.24, 2.45) is 0 Å². The maximum absolute atomic E-state index is 13.1. The summed E-state index contributed by atoms with van der Waals surface area (Å²) in [5.74, 6) is -3.21. The van der Waals surface area contributed by atoms with Crippen LogP contribution in [-0.4, -0.2) is 67.5 Å². The summed E-state index contributed by atoms with van der Waals surface area (Å²) in [7, 11) is 2.67. The minimum absolute atomic E-state index is 0.0455. The molecular weight excluding hydrogens is 422 g/mol. The molecule has 2 aromatic rings. The number of carbonyl (C=O) groups excluding carboxylic acids is 1. The molecule has 0 bridgehead atoms. The quantitative estimate of drug-likeness (QED) is 0.650. The lowest BCUT2D eigenvalue weighted by Crippen LogP contribution is -2.41. The van der Waals surface area contributed by atoms with Crippen LogP contribution in [-0.2, 0) is 9.53 Å². The van der Waals surface area contributed by atoms with E-state index in [0.717, 1.165) is 6.07 Å². The summed E-state index contributed by atoms with van der Waals surface area (Å²) >= 11 is 0. The molecule has 1 unspecified atom stereocenters. The number of methoxy groups -OCH3 is 2. The molecule has 10 heteroatoms. The molecule has 1 aromatic heterocycles. The van der Waals surface area contributed by atoms with Gasteiger partial charge in [-0.15, -0.1) is 0 Å². The third kappa shape index (κ3) is 4.54. The summed E-state index contributed by atoms with van der Waals surface area (Å²) in [4.78, 5) is 39.1. The normalized spacial score (nSPS) is 14.7. The van der Waals surface area contributed by atoms with Crippen LogP contribution >= 0.6 is 0 Å². The molecule has 1 saturated heterocycles. The van der Waals surface area contributed by atoms with Crippen LogP contribution in [0.15, 0.2) is 27.4 Å². The molecular formula is C22H25NO9. The van der Waals surface area contributed by atoms with Gasteiger partial charge in [-0.3, -0.25) is 9.59 Å². The van der Waals surface area contributed by atoms with Crippen molar-refractivity contribution in [3.8, 4) is 17.2 Å². The molecule has 172 valence electrons. The Morgan fingerprint density at radius 1 is 1.19 bits per heavy atom. The Labute approximate surface area is 183 Å². The van der Waals surface area contributed by atoms with E-state index in [0.29, 0.717) is 26.3 Å². The molecule has 0 radical (unpaired) electrons. The first-order valence-electron chi connectivity index (χ1n) is 9.95. The highest BCUT2D eigenvalue weighted by atomic mass is 16.5. The summed E-state index contributed by atoms with van der Waals surface area (Å²) in [6.07, 6.45) is -0.240. The summed E-state index contributed by atoms with van der Waals surface area (Å²) in [5, 5.41) is 20.4. The zero-order valence-electron chi connectivity index (χ0n) is 18.0. The van der Waals surface area contributed by atoms with Crippen molar-refractivity contribution >= 4 is 11.9 Å².